The highest BCUT2D eigenvalue weighted by Crippen LogP contribution is 2.20. The molecule has 1 atom stereocenters. The molecule has 0 saturated carbocycles. The second-order valence-electron chi connectivity index (χ2n) is 2.26. The molecule has 0 aliphatic carbocycles. The molecule has 1 rings (SSSR count). The maximum atomic E-state index is 5.67. The molecule has 0 radical (unpaired) electrons. The Morgan fingerprint density at radius 2 is 2.33 bits per heavy atom. The lowest BCUT2D eigenvalue weighted by Gasteiger charge is -2.00. The molecule has 0 aromatic carbocycles. The summed E-state index contributed by atoms with van der Waals surface area (Å²) in [4.78, 5) is 1.30. The van der Waals surface area contributed by atoms with Crippen LogP contribution in [-0.4, -0.2) is 0 Å². The van der Waals surface area contributed by atoms with Crippen molar-refractivity contribution in [3.8, 4) is 0 Å². The van der Waals surface area contributed by atoms with E-state index in [0.717, 1.165) is 0 Å². The predicted molar refractivity (Wildman–Crippen MR) is 41.7 cm³/mol. The third-order valence-electron chi connectivity index (χ3n) is 1.32. The first-order valence-corrected chi connectivity index (χ1v) is 3.89. The van der Waals surface area contributed by atoms with Crippen molar-refractivity contribution in [2.45, 2.75) is 19.9 Å². The van der Waals surface area contributed by atoms with Crippen molar-refractivity contribution in [2.75, 3.05) is 0 Å². The van der Waals surface area contributed by atoms with Gasteiger partial charge in [0, 0.05) is 10.9 Å². The van der Waals surface area contributed by atoms with Gasteiger partial charge in [0.1, 0.15) is 0 Å². The summed E-state index contributed by atoms with van der Waals surface area (Å²) < 4.78 is 0. The standard InChI is InChI=1S/C7H11NS/c1-5-3-4-9-7(5)6(2)8/h3-4,6H,8H2,1-2H3. The summed E-state index contributed by atoms with van der Waals surface area (Å²) in [6.45, 7) is 4.11. The topological polar surface area (TPSA) is 26.0 Å². The van der Waals surface area contributed by atoms with Crippen molar-refractivity contribution in [3.63, 3.8) is 0 Å². The highest BCUT2D eigenvalue weighted by molar-refractivity contribution is 7.10. The molecular weight excluding hydrogens is 130 g/mol. The van der Waals surface area contributed by atoms with E-state index in [0.29, 0.717) is 0 Å². The van der Waals surface area contributed by atoms with Gasteiger partial charge in [0.05, 0.1) is 0 Å². The van der Waals surface area contributed by atoms with Crippen LogP contribution in [0.5, 0.6) is 0 Å². The molecule has 1 aromatic heterocycles. The fourth-order valence-corrected chi connectivity index (χ4v) is 1.74. The van der Waals surface area contributed by atoms with E-state index in [-0.39, 0.29) is 6.04 Å². The van der Waals surface area contributed by atoms with Crippen molar-refractivity contribution in [2.24, 2.45) is 5.73 Å². The first-order valence-electron chi connectivity index (χ1n) is 3.01. The molecule has 0 saturated heterocycles. The van der Waals surface area contributed by atoms with Crippen LogP contribution in [0.25, 0.3) is 0 Å². The zero-order valence-electron chi connectivity index (χ0n) is 5.72. The van der Waals surface area contributed by atoms with E-state index >= 15 is 0 Å². The molecule has 0 aliphatic heterocycles. The summed E-state index contributed by atoms with van der Waals surface area (Å²) in [6.07, 6.45) is 0. The van der Waals surface area contributed by atoms with E-state index in [1.165, 1.54) is 10.4 Å². The van der Waals surface area contributed by atoms with Gasteiger partial charge in [0.2, 0.25) is 0 Å². The van der Waals surface area contributed by atoms with Crippen LogP contribution < -0.4 is 5.73 Å². The molecule has 0 spiro atoms. The van der Waals surface area contributed by atoms with Crippen molar-refractivity contribution in [1.82, 2.24) is 0 Å². The van der Waals surface area contributed by atoms with Gasteiger partial charge in [-0.25, -0.2) is 0 Å². The van der Waals surface area contributed by atoms with Crippen LogP contribution in [0.2, 0.25) is 0 Å². The quantitative estimate of drug-likeness (QED) is 0.636. The summed E-state index contributed by atoms with van der Waals surface area (Å²) in [5.74, 6) is 0. The van der Waals surface area contributed by atoms with Gasteiger partial charge in [-0.1, -0.05) is 0 Å². The molecule has 1 aromatic rings. The average molecular weight is 141 g/mol. The van der Waals surface area contributed by atoms with E-state index < -0.39 is 0 Å². The SMILES string of the molecule is Cc1ccsc1C(C)N. The number of aryl methyl sites for hydroxylation is 1. The van der Waals surface area contributed by atoms with E-state index in [2.05, 4.69) is 18.4 Å². The number of hydrogen-bond donors (Lipinski definition) is 1. The molecule has 2 N–H and O–H groups in total. The fraction of sp³-hybridized carbons (Fsp3) is 0.429. The highest BCUT2D eigenvalue weighted by Gasteiger charge is 2.02. The molecule has 1 heterocycles. The van der Waals surface area contributed by atoms with Crippen LogP contribution in [-0.2, 0) is 0 Å². The van der Waals surface area contributed by atoms with Crippen molar-refractivity contribution < 1.29 is 0 Å². The molecule has 0 fully saturated rings. The van der Waals surface area contributed by atoms with Crippen LogP contribution in [0.1, 0.15) is 23.4 Å². The van der Waals surface area contributed by atoms with Gasteiger partial charge >= 0.3 is 0 Å². The minimum atomic E-state index is 0.199. The Labute approximate surface area is 59.5 Å². The lowest BCUT2D eigenvalue weighted by molar-refractivity contribution is 0.831. The third kappa shape index (κ3) is 1.32. The Kier molecular flexibility index (Phi) is 1.88. The Bertz CT molecular complexity index is 191. The zero-order valence-corrected chi connectivity index (χ0v) is 6.53. The minimum Gasteiger partial charge on any atom is -0.323 e. The van der Waals surface area contributed by atoms with Crippen LogP contribution in [0.3, 0.4) is 0 Å². The average Bonchev–Trinajstić information content (AvgIpc) is 2.13. The maximum absolute atomic E-state index is 5.67. The van der Waals surface area contributed by atoms with Crippen molar-refractivity contribution in [3.05, 3.63) is 21.9 Å². The number of nitrogens with two attached hydrogens (primary N) is 1. The summed E-state index contributed by atoms with van der Waals surface area (Å²) in [6, 6.07) is 2.30. The van der Waals surface area contributed by atoms with Crippen LogP contribution in [0.4, 0.5) is 0 Å². The smallest absolute Gasteiger partial charge is 0.0363 e. The van der Waals surface area contributed by atoms with Gasteiger partial charge in [-0.15, -0.1) is 11.3 Å². The molecular formula is C7H11NS. The minimum absolute atomic E-state index is 0.199. The van der Waals surface area contributed by atoms with E-state index in [4.69, 9.17) is 5.73 Å². The van der Waals surface area contributed by atoms with Crippen LogP contribution in [0, 0.1) is 6.92 Å². The molecule has 1 nitrogen and oxygen atoms in total. The van der Waals surface area contributed by atoms with Gasteiger partial charge in [0.15, 0.2) is 0 Å². The predicted octanol–water partition coefficient (Wildman–Crippen LogP) is 2.08. The second kappa shape index (κ2) is 2.50. The molecule has 0 aliphatic rings. The number of thiophene rings is 1. The lowest BCUT2D eigenvalue weighted by Crippen LogP contribution is -2.03. The number of hydrogen-bond acceptors (Lipinski definition) is 2. The van der Waals surface area contributed by atoms with E-state index in [1.807, 2.05) is 6.92 Å². The van der Waals surface area contributed by atoms with Gasteiger partial charge in [-0.05, 0) is 30.9 Å². The van der Waals surface area contributed by atoms with Gasteiger partial charge in [-0.2, -0.15) is 0 Å². The molecule has 0 bridgehead atoms. The first-order chi connectivity index (χ1) is 4.22. The monoisotopic (exact) mass is 141 g/mol. The normalized spacial score (nSPS) is 13.7. The number of rotatable bonds is 1. The maximum Gasteiger partial charge on any atom is 0.0363 e. The summed E-state index contributed by atoms with van der Waals surface area (Å²) in [7, 11) is 0. The zero-order chi connectivity index (χ0) is 6.85. The lowest BCUT2D eigenvalue weighted by atomic mass is 10.2. The fourth-order valence-electron chi connectivity index (χ4n) is 0.851. The summed E-state index contributed by atoms with van der Waals surface area (Å²) in [5, 5.41) is 2.08. The Morgan fingerprint density at radius 1 is 1.67 bits per heavy atom. The molecule has 0 amide bonds. The van der Waals surface area contributed by atoms with Gasteiger partial charge in [0.25, 0.3) is 0 Å². The van der Waals surface area contributed by atoms with Crippen molar-refractivity contribution >= 4 is 11.3 Å². The van der Waals surface area contributed by atoms with Gasteiger partial charge < -0.3 is 5.73 Å². The third-order valence-corrected chi connectivity index (χ3v) is 2.54. The summed E-state index contributed by atoms with van der Waals surface area (Å²) in [5.41, 5.74) is 6.98. The Hall–Kier alpha value is -0.340. The Morgan fingerprint density at radius 3 is 2.56 bits per heavy atom. The van der Waals surface area contributed by atoms with Crippen LogP contribution in [0.15, 0.2) is 11.4 Å². The van der Waals surface area contributed by atoms with E-state index in [9.17, 15) is 0 Å². The molecule has 1 unspecified atom stereocenters. The molecule has 2 heteroatoms. The largest absolute Gasteiger partial charge is 0.323 e. The highest BCUT2D eigenvalue weighted by atomic mass is 32.1. The van der Waals surface area contributed by atoms with E-state index in [1.54, 1.807) is 11.3 Å². The van der Waals surface area contributed by atoms with Gasteiger partial charge in [-0.3, -0.25) is 0 Å². The Balaban J connectivity index is 2.94. The van der Waals surface area contributed by atoms with Crippen LogP contribution >= 0.6 is 11.3 Å². The second-order valence-corrected chi connectivity index (χ2v) is 3.20. The summed E-state index contributed by atoms with van der Waals surface area (Å²) >= 11 is 1.73. The molecule has 9 heavy (non-hydrogen) atoms. The molecule has 50 valence electrons. The van der Waals surface area contributed by atoms with Crippen molar-refractivity contribution in [1.29, 1.82) is 0 Å². The first kappa shape index (κ1) is 6.78.